The third-order valence-corrected chi connectivity index (χ3v) is 4.25. The smallest absolute Gasteiger partial charge is 0.311 e. The van der Waals surface area contributed by atoms with Crippen molar-refractivity contribution in [3.63, 3.8) is 0 Å². The Hall–Kier alpha value is -3.69. The fraction of sp³-hybridized carbons (Fsp3) is 0.316. The van der Waals surface area contributed by atoms with Crippen molar-refractivity contribution in [3.05, 3.63) is 47.2 Å². The van der Waals surface area contributed by atoms with Crippen molar-refractivity contribution >= 4 is 29.5 Å². The predicted octanol–water partition coefficient (Wildman–Crippen LogP) is 0.967. The van der Waals surface area contributed by atoms with E-state index in [0.29, 0.717) is 11.3 Å². The number of rotatable bonds is 6. The lowest BCUT2D eigenvalue weighted by molar-refractivity contribution is -0.151. The summed E-state index contributed by atoms with van der Waals surface area (Å²) >= 11 is 0. The molecule has 0 spiro atoms. The highest BCUT2D eigenvalue weighted by atomic mass is 16.5. The monoisotopic (exact) mass is 400 g/mol. The molecule has 0 radical (unpaired) electrons. The summed E-state index contributed by atoms with van der Waals surface area (Å²) in [6.07, 6.45) is -0.114. The van der Waals surface area contributed by atoms with Crippen LogP contribution in [0, 0.1) is 19.8 Å². The van der Waals surface area contributed by atoms with Gasteiger partial charge in [-0.15, -0.1) is 0 Å². The first-order valence-corrected chi connectivity index (χ1v) is 8.89. The fourth-order valence-corrected chi connectivity index (χ4v) is 2.72. The molecular formula is C19H20N4O6. The van der Waals surface area contributed by atoms with Gasteiger partial charge in [-0.2, -0.15) is 0 Å². The first-order valence-electron chi connectivity index (χ1n) is 8.89. The number of nitrogens with zero attached hydrogens (tertiary/aromatic N) is 2. The molecule has 3 rings (SSSR count). The molecule has 1 atom stereocenters. The van der Waals surface area contributed by atoms with Crippen LogP contribution >= 0.6 is 0 Å². The maximum atomic E-state index is 12.2. The molecule has 1 aromatic heterocycles. The Morgan fingerprint density at radius 3 is 2.62 bits per heavy atom. The number of amides is 3. The first-order chi connectivity index (χ1) is 13.8. The molecule has 2 aromatic rings. The first kappa shape index (κ1) is 20.1. The van der Waals surface area contributed by atoms with Crippen LogP contribution in [0.15, 0.2) is 34.9 Å². The third kappa shape index (κ3) is 5.18. The summed E-state index contributed by atoms with van der Waals surface area (Å²) in [5, 5.41) is 7.11. The van der Waals surface area contributed by atoms with Gasteiger partial charge in [0, 0.05) is 18.1 Å². The van der Waals surface area contributed by atoms with E-state index >= 15 is 0 Å². The van der Waals surface area contributed by atoms with Crippen LogP contribution in [0.2, 0.25) is 0 Å². The summed E-state index contributed by atoms with van der Waals surface area (Å²) in [6.45, 7) is 3.02. The maximum Gasteiger partial charge on any atom is 0.311 e. The molecule has 1 fully saturated rings. The number of hydrogen-bond acceptors (Lipinski definition) is 7. The van der Waals surface area contributed by atoms with E-state index in [-0.39, 0.29) is 18.8 Å². The molecule has 1 aliphatic heterocycles. The predicted molar refractivity (Wildman–Crippen MR) is 99.3 cm³/mol. The van der Waals surface area contributed by atoms with Gasteiger partial charge in [0.15, 0.2) is 12.4 Å². The van der Waals surface area contributed by atoms with Gasteiger partial charge in [0.1, 0.15) is 5.76 Å². The minimum absolute atomic E-state index is 0.0284. The number of aromatic nitrogens is 1. The molecule has 0 saturated carbocycles. The number of aryl methyl sites for hydroxylation is 2. The van der Waals surface area contributed by atoms with E-state index in [1.807, 2.05) is 6.92 Å². The lowest BCUT2D eigenvalue weighted by Crippen LogP contribution is -2.43. The summed E-state index contributed by atoms with van der Waals surface area (Å²) in [5.41, 5.74) is 3.89. The normalized spacial score (nSPS) is 15.9. The fourth-order valence-electron chi connectivity index (χ4n) is 2.72. The highest BCUT2D eigenvalue weighted by molar-refractivity contribution is 5.97. The van der Waals surface area contributed by atoms with E-state index in [1.165, 1.54) is 6.07 Å². The van der Waals surface area contributed by atoms with E-state index in [2.05, 4.69) is 15.9 Å². The summed E-state index contributed by atoms with van der Waals surface area (Å²) in [5.74, 6) is -2.18. The van der Waals surface area contributed by atoms with Gasteiger partial charge >= 0.3 is 5.97 Å². The van der Waals surface area contributed by atoms with Crippen LogP contribution in [0.1, 0.15) is 28.1 Å². The molecule has 0 bridgehead atoms. The second kappa shape index (κ2) is 8.55. The van der Waals surface area contributed by atoms with Crippen LogP contribution < -0.4 is 10.7 Å². The quantitative estimate of drug-likeness (QED) is 0.691. The van der Waals surface area contributed by atoms with Gasteiger partial charge in [-0.1, -0.05) is 22.9 Å². The summed E-state index contributed by atoms with van der Waals surface area (Å²) in [7, 11) is 0. The highest BCUT2D eigenvalue weighted by Gasteiger charge is 2.36. The van der Waals surface area contributed by atoms with E-state index < -0.39 is 36.2 Å². The van der Waals surface area contributed by atoms with Crippen molar-refractivity contribution in [2.24, 2.45) is 5.92 Å². The molecule has 1 aliphatic rings. The SMILES string of the molecule is Cc1ccc(C(=O)NN2C[C@@H](C(=O)OCC(=O)Nc3cc(C)on3)CC2=O)cc1. The van der Waals surface area contributed by atoms with Crippen LogP contribution in [0.4, 0.5) is 5.82 Å². The van der Waals surface area contributed by atoms with Crippen molar-refractivity contribution in [3.8, 4) is 0 Å². The molecule has 0 aliphatic carbocycles. The highest BCUT2D eigenvalue weighted by Crippen LogP contribution is 2.18. The van der Waals surface area contributed by atoms with Crippen LogP contribution in [0.25, 0.3) is 0 Å². The summed E-state index contributed by atoms with van der Waals surface area (Å²) in [6, 6.07) is 8.38. The van der Waals surface area contributed by atoms with Crippen LogP contribution in [0.5, 0.6) is 0 Å². The Morgan fingerprint density at radius 1 is 1.24 bits per heavy atom. The van der Waals surface area contributed by atoms with E-state index in [9.17, 15) is 19.2 Å². The van der Waals surface area contributed by atoms with Crippen LogP contribution in [0.3, 0.4) is 0 Å². The minimum atomic E-state index is -0.775. The van der Waals surface area contributed by atoms with Crippen LogP contribution in [-0.4, -0.2) is 47.0 Å². The number of anilines is 1. The average molecular weight is 400 g/mol. The lowest BCUT2D eigenvalue weighted by Gasteiger charge is -2.17. The zero-order chi connectivity index (χ0) is 21.0. The Balaban J connectivity index is 1.47. The molecule has 1 saturated heterocycles. The second-order valence-corrected chi connectivity index (χ2v) is 6.69. The van der Waals surface area contributed by atoms with Gasteiger partial charge in [-0.25, -0.2) is 0 Å². The number of hydrazine groups is 1. The van der Waals surface area contributed by atoms with Gasteiger partial charge in [0.2, 0.25) is 5.91 Å². The van der Waals surface area contributed by atoms with Crippen molar-refractivity contribution in [2.75, 3.05) is 18.5 Å². The van der Waals surface area contributed by atoms with Gasteiger partial charge in [-0.3, -0.25) is 29.6 Å². The number of carbonyl (C=O) groups is 4. The molecule has 1 aromatic carbocycles. The molecule has 3 amide bonds. The number of hydrogen-bond donors (Lipinski definition) is 2. The molecule has 0 unspecified atom stereocenters. The van der Waals surface area contributed by atoms with Crippen LogP contribution in [-0.2, 0) is 19.1 Å². The van der Waals surface area contributed by atoms with Crippen molar-refractivity contribution < 1.29 is 28.4 Å². The Morgan fingerprint density at radius 2 is 1.97 bits per heavy atom. The molecule has 2 heterocycles. The molecule has 10 heteroatoms. The van der Waals surface area contributed by atoms with Gasteiger partial charge < -0.3 is 14.6 Å². The third-order valence-electron chi connectivity index (χ3n) is 4.25. The zero-order valence-corrected chi connectivity index (χ0v) is 15.9. The van der Waals surface area contributed by atoms with Gasteiger partial charge in [0.05, 0.1) is 12.5 Å². The molecule has 152 valence electrons. The van der Waals surface area contributed by atoms with Crippen molar-refractivity contribution in [1.29, 1.82) is 0 Å². The number of ether oxygens (including phenoxy) is 1. The Labute approximate surface area is 166 Å². The Kier molecular flexibility index (Phi) is 5.91. The standard InChI is InChI=1S/C19H20N4O6/c1-11-3-5-13(6-4-11)18(26)21-23-9-14(8-17(23)25)19(27)28-10-16(24)20-15-7-12(2)29-22-15/h3-7,14H,8-10H2,1-2H3,(H,21,26)(H,20,22,24)/t14-/m0/s1. The van der Waals surface area contributed by atoms with Gasteiger partial charge in [-0.05, 0) is 26.0 Å². The summed E-state index contributed by atoms with van der Waals surface area (Å²) < 4.78 is 9.78. The van der Waals surface area contributed by atoms with E-state index in [0.717, 1.165) is 10.6 Å². The summed E-state index contributed by atoms with van der Waals surface area (Å²) in [4.78, 5) is 48.3. The number of carbonyl (C=O) groups excluding carboxylic acids is 4. The number of esters is 1. The average Bonchev–Trinajstić information content (AvgIpc) is 3.25. The van der Waals surface area contributed by atoms with E-state index in [4.69, 9.17) is 9.26 Å². The minimum Gasteiger partial charge on any atom is -0.455 e. The maximum absolute atomic E-state index is 12.2. The molecule has 29 heavy (non-hydrogen) atoms. The van der Waals surface area contributed by atoms with Crippen molar-refractivity contribution in [1.82, 2.24) is 15.6 Å². The topological polar surface area (TPSA) is 131 Å². The van der Waals surface area contributed by atoms with E-state index in [1.54, 1.807) is 31.2 Å². The zero-order valence-electron chi connectivity index (χ0n) is 15.9. The molecular weight excluding hydrogens is 380 g/mol. The molecule has 10 nitrogen and oxygen atoms in total. The Bertz CT molecular complexity index is 936. The van der Waals surface area contributed by atoms with Crippen molar-refractivity contribution in [2.45, 2.75) is 20.3 Å². The molecule has 2 N–H and O–H groups in total. The lowest BCUT2D eigenvalue weighted by atomic mass is 10.1. The largest absolute Gasteiger partial charge is 0.455 e. The van der Waals surface area contributed by atoms with Gasteiger partial charge in [0.25, 0.3) is 11.8 Å². The number of nitrogens with one attached hydrogen (secondary N) is 2. The number of benzene rings is 1. The second-order valence-electron chi connectivity index (χ2n) is 6.69.